The molecule has 0 aliphatic carbocycles. The molecule has 2 rings (SSSR count). The van der Waals surface area contributed by atoms with E-state index in [-0.39, 0.29) is 23.5 Å². The summed E-state index contributed by atoms with van der Waals surface area (Å²) >= 11 is 3.60. The molecule has 2 atom stereocenters. The molecule has 1 saturated heterocycles. The SMILES string of the molecule is CCC(C)(C)c1ccc(O[C@@H]2CN[C@H](C(=O)OC)C2)c(Br)c1. The van der Waals surface area contributed by atoms with E-state index in [1.54, 1.807) is 0 Å². The Balaban J connectivity index is 2.04. The average Bonchev–Trinajstić information content (AvgIpc) is 2.97. The van der Waals surface area contributed by atoms with Crippen LogP contribution in [0.25, 0.3) is 0 Å². The van der Waals surface area contributed by atoms with Gasteiger partial charge in [-0.1, -0.05) is 26.8 Å². The van der Waals surface area contributed by atoms with E-state index < -0.39 is 0 Å². The molecule has 22 heavy (non-hydrogen) atoms. The van der Waals surface area contributed by atoms with Gasteiger partial charge in [-0.05, 0) is 45.5 Å². The lowest BCUT2D eigenvalue weighted by Gasteiger charge is -2.24. The van der Waals surface area contributed by atoms with Crippen molar-refractivity contribution >= 4 is 21.9 Å². The van der Waals surface area contributed by atoms with Gasteiger partial charge in [-0.2, -0.15) is 0 Å². The van der Waals surface area contributed by atoms with Crippen molar-refractivity contribution in [2.45, 2.75) is 51.2 Å². The van der Waals surface area contributed by atoms with Crippen LogP contribution in [0.15, 0.2) is 22.7 Å². The minimum absolute atomic E-state index is 0.0227. The van der Waals surface area contributed by atoms with E-state index in [2.05, 4.69) is 54.2 Å². The number of hydrogen-bond donors (Lipinski definition) is 1. The highest BCUT2D eigenvalue weighted by atomic mass is 79.9. The van der Waals surface area contributed by atoms with Gasteiger partial charge in [-0.25, -0.2) is 0 Å². The van der Waals surface area contributed by atoms with E-state index in [4.69, 9.17) is 9.47 Å². The number of hydrogen-bond acceptors (Lipinski definition) is 4. The second kappa shape index (κ2) is 7.01. The maximum absolute atomic E-state index is 11.5. The van der Waals surface area contributed by atoms with Crippen molar-refractivity contribution in [2.24, 2.45) is 0 Å². The molecule has 4 nitrogen and oxygen atoms in total. The summed E-state index contributed by atoms with van der Waals surface area (Å²) in [5, 5.41) is 3.13. The minimum atomic E-state index is -0.271. The van der Waals surface area contributed by atoms with Crippen LogP contribution < -0.4 is 10.1 Å². The molecular formula is C17H24BrNO3. The van der Waals surface area contributed by atoms with Gasteiger partial charge in [0.15, 0.2) is 0 Å². The molecule has 0 saturated carbocycles. The largest absolute Gasteiger partial charge is 0.488 e. The van der Waals surface area contributed by atoms with Crippen LogP contribution in [0.4, 0.5) is 0 Å². The standard InChI is InChI=1S/C17H24BrNO3/c1-5-17(2,3)11-6-7-15(13(18)8-11)22-12-9-14(19-10-12)16(20)21-4/h6-8,12,14,19H,5,9-10H2,1-4H3/t12-,14-/m0/s1. The third-order valence-electron chi connectivity index (χ3n) is 4.47. The third-order valence-corrected chi connectivity index (χ3v) is 5.09. The Morgan fingerprint density at radius 3 is 2.77 bits per heavy atom. The van der Waals surface area contributed by atoms with Crippen LogP contribution in [-0.2, 0) is 14.9 Å². The van der Waals surface area contributed by atoms with Gasteiger partial charge in [0.05, 0.1) is 11.6 Å². The Hall–Kier alpha value is -1.07. The van der Waals surface area contributed by atoms with Crippen LogP contribution in [0.3, 0.4) is 0 Å². The molecule has 1 heterocycles. The number of ether oxygens (including phenoxy) is 2. The number of carbonyl (C=O) groups is 1. The lowest BCUT2D eigenvalue weighted by Crippen LogP contribution is -2.31. The first-order valence-electron chi connectivity index (χ1n) is 7.65. The quantitative estimate of drug-likeness (QED) is 0.807. The van der Waals surface area contributed by atoms with Crippen LogP contribution in [-0.4, -0.2) is 31.8 Å². The van der Waals surface area contributed by atoms with Crippen LogP contribution in [0.1, 0.15) is 39.2 Å². The number of methoxy groups -OCH3 is 1. The van der Waals surface area contributed by atoms with Gasteiger partial charge < -0.3 is 14.8 Å². The summed E-state index contributed by atoms with van der Waals surface area (Å²) < 4.78 is 11.7. The van der Waals surface area contributed by atoms with E-state index >= 15 is 0 Å². The van der Waals surface area contributed by atoms with Gasteiger partial charge >= 0.3 is 5.97 Å². The first kappa shape index (κ1) is 17.3. The van der Waals surface area contributed by atoms with Crippen LogP contribution in [0.2, 0.25) is 0 Å². The first-order chi connectivity index (χ1) is 10.4. The normalized spacial score (nSPS) is 21.7. The van der Waals surface area contributed by atoms with Crippen LogP contribution in [0, 0.1) is 0 Å². The minimum Gasteiger partial charge on any atom is -0.488 e. The lowest BCUT2D eigenvalue weighted by atomic mass is 9.82. The van der Waals surface area contributed by atoms with E-state index in [1.807, 2.05) is 6.07 Å². The molecule has 0 amide bonds. The van der Waals surface area contributed by atoms with Crippen LogP contribution in [0.5, 0.6) is 5.75 Å². The summed E-state index contributed by atoms with van der Waals surface area (Å²) in [6.07, 6.45) is 1.68. The summed E-state index contributed by atoms with van der Waals surface area (Å²) in [4.78, 5) is 11.5. The number of benzene rings is 1. The molecule has 5 heteroatoms. The Bertz CT molecular complexity index is 545. The number of carbonyl (C=O) groups excluding carboxylic acids is 1. The summed E-state index contributed by atoms with van der Waals surface area (Å²) in [5.74, 6) is 0.582. The molecule has 0 spiro atoms. The molecular weight excluding hydrogens is 346 g/mol. The Morgan fingerprint density at radius 1 is 1.45 bits per heavy atom. The van der Waals surface area contributed by atoms with E-state index in [0.717, 1.165) is 16.6 Å². The zero-order chi connectivity index (χ0) is 16.3. The van der Waals surface area contributed by atoms with Gasteiger partial charge in [-0.15, -0.1) is 0 Å². The third kappa shape index (κ3) is 3.82. The van der Waals surface area contributed by atoms with Crippen LogP contribution >= 0.6 is 15.9 Å². The molecule has 1 aromatic carbocycles. The fraction of sp³-hybridized carbons (Fsp3) is 0.588. The van der Waals surface area contributed by atoms with Gasteiger partial charge in [0.1, 0.15) is 17.9 Å². The summed E-state index contributed by atoms with van der Waals surface area (Å²) in [5.41, 5.74) is 1.43. The van der Waals surface area contributed by atoms with Crippen molar-refractivity contribution < 1.29 is 14.3 Å². The fourth-order valence-corrected chi connectivity index (χ4v) is 2.99. The second-order valence-electron chi connectivity index (χ2n) is 6.34. The Morgan fingerprint density at radius 2 is 2.18 bits per heavy atom. The van der Waals surface area contributed by atoms with Crippen molar-refractivity contribution in [1.29, 1.82) is 0 Å². The van der Waals surface area contributed by atoms with Gasteiger partial charge in [0.25, 0.3) is 0 Å². The maximum atomic E-state index is 11.5. The van der Waals surface area contributed by atoms with Crippen molar-refractivity contribution in [3.63, 3.8) is 0 Å². The number of rotatable bonds is 5. The van der Waals surface area contributed by atoms with E-state index in [9.17, 15) is 4.79 Å². The molecule has 0 unspecified atom stereocenters. The molecule has 1 N–H and O–H groups in total. The van der Waals surface area contributed by atoms with Crippen molar-refractivity contribution in [2.75, 3.05) is 13.7 Å². The van der Waals surface area contributed by atoms with Gasteiger partial charge in [0, 0.05) is 13.0 Å². The van der Waals surface area contributed by atoms with E-state index in [1.165, 1.54) is 12.7 Å². The summed E-state index contributed by atoms with van der Waals surface area (Å²) in [6, 6.07) is 5.97. The molecule has 1 aliphatic rings. The fourth-order valence-electron chi connectivity index (χ4n) is 2.52. The zero-order valence-electron chi connectivity index (χ0n) is 13.6. The molecule has 0 radical (unpaired) electrons. The highest BCUT2D eigenvalue weighted by molar-refractivity contribution is 9.10. The zero-order valence-corrected chi connectivity index (χ0v) is 15.2. The molecule has 1 aromatic rings. The Kier molecular flexibility index (Phi) is 5.50. The van der Waals surface area contributed by atoms with Crippen molar-refractivity contribution in [3.8, 4) is 5.75 Å². The number of esters is 1. The van der Waals surface area contributed by atoms with Gasteiger partial charge in [0.2, 0.25) is 0 Å². The number of halogens is 1. The van der Waals surface area contributed by atoms with Gasteiger partial charge in [-0.3, -0.25) is 4.79 Å². The molecule has 1 aliphatic heterocycles. The predicted octanol–water partition coefficient (Wildman–Crippen LogP) is 3.42. The smallest absolute Gasteiger partial charge is 0.323 e. The summed E-state index contributed by atoms with van der Waals surface area (Å²) in [7, 11) is 1.41. The molecule has 1 fully saturated rings. The monoisotopic (exact) mass is 369 g/mol. The van der Waals surface area contributed by atoms with Crippen molar-refractivity contribution in [3.05, 3.63) is 28.2 Å². The molecule has 0 aromatic heterocycles. The number of nitrogens with one attached hydrogen (secondary N) is 1. The summed E-state index contributed by atoms with van der Waals surface area (Å²) in [6.45, 7) is 7.30. The lowest BCUT2D eigenvalue weighted by molar-refractivity contribution is -0.142. The second-order valence-corrected chi connectivity index (χ2v) is 7.20. The predicted molar refractivity (Wildman–Crippen MR) is 90.3 cm³/mol. The highest BCUT2D eigenvalue weighted by Gasteiger charge is 2.31. The molecule has 0 bridgehead atoms. The Labute approximate surface area is 140 Å². The first-order valence-corrected chi connectivity index (χ1v) is 8.44. The highest BCUT2D eigenvalue weighted by Crippen LogP contribution is 2.34. The topological polar surface area (TPSA) is 47.6 Å². The van der Waals surface area contributed by atoms with Crippen molar-refractivity contribution in [1.82, 2.24) is 5.32 Å². The maximum Gasteiger partial charge on any atom is 0.323 e. The molecule has 122 valence electrons. The average molecular weight is 370 g/mol. The van der Waals surface area contributed by atoms with E-state index in [0.29, 0.717) is 13.0 Å².